The summed E-state index contributed by atoms with van der Waals surface area (Å²) in [4.78, 5) is 12.3. The van der Waals surface area contributed by atoms with Gasteiger partial charge in [-0.25, -0.2) is 0 Å². The molecule has 3 aromatic rings. The fourth-order valence-corrected chi connectivity index (χ4v) is 3.82. The molecule has 0 saturated heterocycles. The number of para-hydroxylation sites is 2. The van der Waals surface area contributed by atoms with Gasteiger partial charge in [0.1, 0.15) is 17.6 Å². The molecule has 29 heavy (non-hydrogen) atoms. The molecule has 0 N–H and O–H groups in total. The number of hydrogen-bond acceptors (Lipinski definition) is 6. The summed E-state index contributed by atoms with van der Waals surface area (Å²) >= 11 is 1.36. The molecule has 0 spiro atoms. The Morgan fingerprint density at radius 3 is 2.48 bits per heavy atom. The van der Waals surface area contributed by atoms with Crippen molar-refractivity contribution >= 4 is 17.7 Å². The van der Waals surface area contributed by atoms with Crippen LogP contribution in [0.2, 0.25) is 0 Å². The Balaban J connectivity index is 1.89. The second kappa shape index (κ2) is 10.1. The minimum atomic E-state index is -0.341. The fourth-order valence-electron chi connectivity index (χ4n) is 2.83. The predicted octanol–water partition coefficient (Wildman–Crippen LogP) is 4.59. The van der Waals surface area contributed by atoms with Crippen LogP contribution in [-0.2, 0) is 16.1 Å². The lowest BCUT2D eigenvalue weighted by molar-refractivity contribution is -0.142. The van der Waals surface area contributed by atoms with E-state index in [0.717, 1.165) is 17.0 Å². The number of aryl methyl sites for hydroxylation is 1. The third kappa shape index (κ3) is 5.17. The van der Waals surface area contributed by atoms with Crippen molar-refractivity contribution in [1.29, 1.82) is 0 Å². The van der Waals surface area contributed by atoms with Crippen LogP contribution >= 0.6 is 11.8 Å². The fraction of sp³-hybridized carbons (Fsp3) is 0.318. The molecule has 1 aromatic heterocycles. The minimum Gasteiger partial charge on any atom is -0.485 e. The van der Waals surface area contributed by atoms with Gasteiger partial charge in [0.2, 0.25) is 0 Å². The quantitative estimate of drug-likeness (QED) is 0.379. The van der Waals surface area contributed by atoms with Crippen molar-refractivity contribution in [2.75, 3.05) is 6.61 Å². The molecule has 2 aromatic carbocycles. The number of rotatable bonds is 9. The van der Waals surface area contributed by atoms with Crippen LogP contribution in [-0.4, -0.2) is 32.6 Å². The van der Waals surface area contributed by atoms with Crippen LogP contribution in [0.1, 0.15) is 31.7 Å². The molecule has 152 valence electrons. The van der Waals surface area contributed by atoms with Crippen LogP contribution in [0, 0.1) is 6.92 Å². The number of carbonyl (C=O) groups excluding carboxylic acids is 1. The number of esters is 1. The molecule has 0 unspecified atom stereocenters. The first kappa shape index (κ1) is 20.9. The Bertz CT molecular complexity index is 943. The van der Waals surface area contributed by atoms with Gasteiger partial charge in [0.25, 0.3) is 0 Å². The van der Waals surface area contributed by atoms with Crippen molar-refractivity contribution < 1.29 is 14.3 Å². The topological polar surface area (TPSA) is 66.2 Å². The summed E-state index contributed by atoms with van der Waals surface area (Å²) in [5.74, 6) is 1.24. The molecule has 0 fully saturated rings. The predicted molar refractivity (Wildman–Crippen MR) is 113 cm³/mol. The van der Waals surface area contributed by atoms with E-state index in [9.17, 15) is 4.79 Å². The molecule has 7 heteroatoms. The normalized spacial score (nSPS) is 11.8. The van der Waals surface area contributed by atoms with Gasteiger partial charge in [-0.05, 0) is 44.0 Å². The average molecular weight is 412 g/mol. The van der Waals surface area contributed by atoms with E-state index in [1.54, 1.807) is 0 Å². The zero-order valence-corrected chi connectivity index (χ0v) is 17.7. The van der Waals surface area contributed by atoms with Gasteiger partial charge in [0.15, 0.2) is 11.0 Å². The molecule has 0 radical (unpaired) electrons. The minimum absolute atomic E-state index is 0.236. The Morgan fingerprint density at radius 2 is 1.79 bits per heavy atom. The highest BCUT2D eigenvalue weighted by Gasteiger charge is 2.24. The zero-order chi connectivity index (χ0) is 20.6. The van der Waals surface area contributed by atoms with E-state index in [2.05, 4.69) is 10.2 Å². The standard InChI is InChI=1S/C22H25N3O3S/c1-4-19(21(26)27-5-2)29-22-24-23-20(25(22)17-12-7-6-8-13-17)15-28-18-14-10-9-11-16(18)3/h6-14,19H,4-5,15H2,1-3H3/t19-/m0/s1. The molecule has 0 saturated carbocycles. The Morgan fingerprint density at radius 1 is 1.07 bits per heavy atom. The highest BCUT2D eigenvalue weighted by Crippen LogP contribution is 2.29. The number of aromatic nitrogens is 3. The zero-order valence-electron chi connectivity index (χ0n) is 16.9. The molecule has 0 aliphatic heterocycles. The third-order valence-corrected chi connectivity index (χ3v) is 5.62. The molecule has 0 aliphatic rings. The van der Waals surface area contributed by atoms with E-state index in [-0.39, 0.29) is 17.8 Å². The van der Waals surface area contributed by atoms with Crippen LogP contribution in [0.4, 0.5) is 0 Å². The van der Waals surface area contributed by atoms with Crippen LogP contribution < -0.4 is 4.74 Å². The molecule has 0 amide bonds. The molecular formula is C22H25N3O3S. The highest BCUT2D eigenvalue weighted by molar-refractivity contribution is 8.00. The molecule has 6 nitrogen and oxygen atoms in total. The van der Waals surface area contributed by atoms with Gasteiger partial charge in [-0.15, -0.1) is 10.2 Å². The molecule has 0 bridgehead atoms. The maximum Gasteiger partial charge on any atom is 0.319 e. The summed E-state index contributed by atoms with van der Waals surface area (Å²) in [6, 6.07) is 17.7. The number of hydrogen-bond donors (Lipinski definition) is 0. The lowest BCUT2D eigenvalue weighted by atomic mass is 10.2. The van der Waals surface area contributed by atoms with Gasteiger partial charge < -0.3 is 9.47 Å². The summed E-state index contributed by atoms with van der Waals surface area (Å²) in [5, 5.41) is 8.99. The van der Waals surface area contributed by atoms with Crippen LogP contribution in [0.25, 0.3) is 5.69 Å². The lowest BCUT2D eigenvalue weighted by Crippen LogP contribution is -2.20. The van der Waals surface area contributed by atoms with Gasteiger partial charge in [-0.2, -0.15) is 0 Å². The maximum absolute atomic E-state index is 12.3. The summed E-state index contributed by atoms with van der Waals surface area (Å²) in [6.07, 6.45) is 0.639. The summed E-state index contributed by atoms with van der Waals surface area (Å²) in [5.41, 5.74) is 1.98. The van der Waals surface area contributed by atoms with Gasteiger partial charge in [-0.1, -0.05) is 55.1 Å². The Labute approximate surface area is 175 Å². The van der Waals surface area contributed by atoms with Gasteiger partial charge >= 0.3 is 5.97 Å². The summed E-state index contributed by atoms with van der Waals surface area (Å²) < 4.78 is 13.1. The van der Waals surface area contributed by atoms with Crippen molar-refractivity contribution in [2.45, 2.75) is 44.2 Å². The van der Waals surface area contributed by atoms with Crippen molar-refractivity contribution in [3.05, 3.63) is 66.0 Å². The second-order valence-electron chi connectivity index (χ2n) is 6.39. The van der Waals surface area contributed by atoms with Gasteiger partial charge in [0.05, 0.1) is 6.61 Å². The second-order valence-corrected chi connectivity index (χ2v) is 7.56. The number of nitrogens with zero attached hydrogens (tertiary/aromatic N) is 3. The van der Waals surface area contributed by atoms with Crippen molar-refractivity contribution in [2.24, 2.45) is 0 Å². The van der Waals surface area contributed by atoms with E-state index in [1.165, 1.54) is 11.8 Å². The molecule has 1 atom stereocenters. The van der Waals surface area contributed by atoms with Crippen molar-refractivity contribution in [1.82, 2.24) is 14.8 Å². The molecular weight excluding hydrogens is 386 g/mol. The molecule has 1 heterocycles. The van der Waals surface area contributed by atoms with Gasteiger partial charge in [0, 0.05) is 5.69 Å². The number of thioether (sulfide) groups is 1. The van der Waals surface area contributed by atoms with Crippen molar-refractivity contribution in [3.8, 4) is 11.4 Å². The van der Waals surface area contributed by atoms with Gasteiger partial charge in [-0.3, -0.25) is 9.36 Å². The monoisotopic (exact) mass is 411 g/mol. The third-order valence-electron chi connectivity index (χ3n) is 4.33. The number of ether oxygens (including phenoxy) is 2. The molecule has 0 aliphatic carbocycles. The van der Waals surface area contributed by atoms with Crippen molar-refractivity contribution in [3.63, 3.8) is 0 Å². The Kier molecular flexibility index (Phi) is 7.30. The molecule has 3 rings (SSSR count). The Hall–Kier alpha value is -2.80. The first-order valence-corrected chi connectivity index (χ1v) is 10.5. The van der Waals surface area contributed by atoms with Crippen LogP contribution in [0.3, 0.4) is 0 Å². The SMILES string of the molecule is CCOC(=O)[C@H](CC)Sc1nnc(COc2ccccc2C)n1-c1ccccc1. The summed E-state index contributed by atoms with van der Waals surface area (Å²) in [7, 11) is 0. The first-order valence-electron chi connectivity index (χ1n) is 9.65. The number of carbonyl (C=O) groups is 1. The largest absolute Gasteiger partial charge is 0.485 e. The van der Waals surface area contributed by atoms with E-state index in [0.29, 0.717) is 24.0 Å². The van der Waals surface area contributed by atoms with E-state index < -0.39 is 0 Å². The maximum atomic E-state index is 12.3. The van der Waals surface area contributed by atoms with E-state index in [1.807, 2.05) is 79.9 Å². The number of benzene rings is 2. The highest BCUT2D eigenvalue weighted by atomic mass is 32.2. The smallest absolute Gasteiger partial charge is 0.319 e. The van der Waals surface area contributed by atoms with Crippen LogP contribution in [0.5, 0.6) is 5.75 Å². The first-order chi connectivity index (χ1) is 14.1. The van der Waals surface area contributed by atoms with E-state index in [4.69, 9.17) is 9.47 Å². The van der Waals surface area contributed by atoms with E-state index >= 15 is 0 Å². The summed E-state index contributed by atoms with van der Waals surface area (Å²) in [6.45, 7) is 6.40. The average Bonchev–Trinajstić information content (AvgIpc) is 3.14. The lowest BCUT2D eigenvalue weighted by Gasteiger charge is -2.15. The van der Waals surface area contributed by atoms with Crippen LogP contribution in [0.15, 0.2) is 59.8 Å².